The van der Waals surface area contributed by atoms with Gasteiger partial charge in [-0.25, -0.2) is 4.98 Å². The number of halogens is 1. The third-order valence-corrected chi connectivity index (χ3v) is 9.41. The lowest BCUT2D eigenvalue weighted by atomic mass is 10.1. The minimum Gasteiger partial charge on any atom is -0.497 e. The van der Waals surface area contributed by atoms with Crippen molar-refractivity contribution in [2.75, 3.05) is 32.5 Å². The molecule has 3 aromatic carbocycles. The van der Waals surface area contributed by atoms with Gasteiger partial charge >= 0.3 is 0 Å². The van der Waals surface area contributed by atoms with Gasteiger partial charge in [-0.1, -0.05) is 58.0 Å². The summed E-state index contributed by atoms with van der Waals surface area (Å²) in [7, 11) is 1.60. The molecule has 2 aromatic heterocycles. The smallest absolute Gasteiger partial charge is 0.254 e. The molecule has 9 nitrogen and oxygen atoms in total. The SMILES string of the molecule is COc1ccc(C(=O)N2CCN(C(=O)CCCSc3nnc4c5ccccc5n(Cc5ccc(Br)cc5)c4n3)CC2C)cc1. The van der Waals surface area contributed by atoms with E-state index >= 15 is 0 Å². The van der Waals surface area contributed by atoms with Crippen LogP contribution in [0, 0.1) is 0 Å². The number of fused-ring (bicyclic) bond motifs is 3. The highest BCUT2D eigenvalue weighted by Gasteiger charge is 2.30. The van der Waals surface area contributed by atoms with Crippen molar-refractivity contribution in [1.82, 2.24) is 29.5 Å². The van der Waals surface area contributed by atoms with Crippen molar-refractivity contribution in [3.8, 4) is 5.75 Å². The molecule has 1 saturated heterocycles. The monoisotopic (exact) mass is 672 g/mol. The fraction of sp³-hybridized carbons (Fsp3) is 0.303. The molecular formula is C33H33BrN6O3S. The Hall–Kier alpha value is -3.96. The van der Waals surface area contributed by atoms with Crippen LogP contribution in [-0.2, 0) is 11.3 Å². The third kappa shape index (κ3) is 6.44. The van der Waals surface area contributed by atoms with Gasteiger partial charge in [0.2, 0.25) is 11.1 Å². The normalized spacial score (nSPS) is 15.2. The number of para-hydroxylation sites is 1. The maximum atomic E-state index is 13.0. The molecule has 1 aliphatic heterocycles. The van der Waals surface area contributed by atoms with E-state index < -0.39 is 0 Å². The second kappa shape index (κ2) is 13.4. The lowest BCUT2D eigenvalue weighted by Gasteiger charge is -2.40. The maximum Gasteiger partial charge on any atom is 0.254 e. The van der Waals surface area contributed by atoms with Crippen molar-refractivity contribution in [2.45, 2.75) is 37.5 Å². The van der Waals surface area contributed by atoms with Gasteiger partial charge in [-0.3, -0.25) is 9.59 Å². The van der Waals surface area contributed by atoms with Gasteiger partial charge in [0.25, 0.3) is 5.91 Å². The molecule has 0 radical (unpaired) electrons. The molecule has 2 amide bonds. The summed E-state index contributed by atoms with van der Waals surface area (Å²) in [6.45, 7) is 4.24. The predicted octanol–water partition coefficient (Wildman–Crippen LogP) is 6.04. The molecule has 6 rings (SSSR count). The number of benzene rings is 3. The van der Waals surface area contributed by atoms with E-state index in [-0.39, 0.29) is 17.9 Å². The minimum atomic E-state index is -0.0629. The molecule has 11 heteroatoms. The highest BCUT2D eigenvalue weighted by Crippen LogP contribution is 2.28. The second-order valence-electron chi connectivity index (χ2n) is 10.9. The molecule has 1 unspecified atom stereocenters. The zero-order valence-corrected chi connectivity index (χ0v) is 27.1. The number of methoxy groups -OCH3 is 1. The Kier molecular flexibility index (Phi) is 9.13. The quantitative estimate of drug-likeness (QED) is 0.139. The Morgan fingerprint density at radius 3 is 2.52 bits per heavy atom. The van der Waals surface area contributed by atoms with Crippen LogP contribution in [0.3, 0.4) is 0 Å². The van der Waals surface area contributed by atoms with Crippen LogP contribution in [0.25, 0.3) is 22.1 Å². The van der Waals surface area contributed by atoms with Crippen LogP contribution in [0.4, 0.5) is 0 Å². The molecule has 1 aliphatic rings. The predicted molar refractivity (Wildman–Crippen MR) is 176 cm³/mol. The summed E-state index contributed by atoms with van der Waals surface area (Å²) >= 11 is 5.03. The highest BCUT2D eigenvalue weighted by molar-refractivity contribution is 9.10. The van der Waals surface area contributed by atoms with Gasteiger partial charge in [0, 0.05) is 59.8 Å². The Morgan fingerprint density at radius 2 is 1.77 bits per heavy atom. The molecule has 0 N–H and O–H groups in total. The van der Waals surface area contributed by atoms with Crippen molar-refractivity contribution >= 4 is 61.6 Å². The Labute approximate surface area is 268 Å². The van der Waals surface area contributed by atoms with E-state index in [0.29, 0.717) is 61.2 Å². The topological polar surface area (TPSA) is 93.5 Å². The molecule has 5 aromatic rings. The van der Waals surface area contributed by atoms with Crippen LogP contribution in [0.15, 0.2) is 82.4 Å². The number of nitrogens with zero attached hydrogens (tertiary/aromatic N) is 6. The molecule has 226 valence electrons. The summed E-state index contributed by atoms with van der Waals surface area (Å²) in [6.07, 6.45) is 1.14. The number of carbonyl (C=O) groups excluding carboxylic acids is 2. The van der Waals surface area contributed by atoms with Crippen molar-refractivity contribution in [3.05, 3.63) is 88.4 Å². The standard InChI is InChI=1S/C33H33BrN6O3S/c1-22-20-38(17-18-39(22)32(42)24-11-15-26(43-2)16-12-24)29(41)8-5-19-44-33-35-31-30(36-37-33)27-6-3-4-7-28(27)40(31)21-23-9-13-25(34)14-10-23/h3-4,6-7,9-16,22H,5,8,17-21H2,1-2H3. The molecule has 3 heterocycles. The van der Waals surface area contributed by atoms with E-state index in [1.54, 1.807) is 31.4 Å². The zero-order valence-electron chi connectivity index (χ0n) is 24.6. The van der Waals surface area contributed by atoms with Gasteiger partial charge < -0.3 is 19.1 Å². The van der Waals surface area contributed by atoms with E-state index in [9.17, 15) is 9.59 Å². The van der Waals surface area contributed by atoms with Crippen LogP contribution >= 0.6 is 27.7 Å². The van der Waals surface area contributed by atoms with E-state index in [1.807, 2.05) is 41.0 Å². The number of piperazine rings is 1. The largest absolute Gasteiger partial charge is 0.497 e. The molecule has 0 bridgehead atoms. The first-order valence-electron chi connectivity index (χ1n) is 14.6. The molecule has 0 aliphatic carbocycles. The van der Waals surface area contributed by atoms with Gasteiger partial charge in [-0.05, 0) is 61.4 Å². The average molecular weight is 674 g/mol. The third-order valence-electron chi connectivity index (χ3n) is 7.95. The lowest BCUT2D eigenvalue weighted by molar-refractivity contribution is -0.133. The first kappa shape index (κ1) is 30.1. The van der Waals surface area contributed by atoms with Gasteiger partial charge in [0.15, 0.2) is 5.65 Å². The van der Waals surface area contributed by atoms with Gasteiger partial charge in [0.05, 0.1) is 12.6 Å². The Balaban J connectivity index is 1.05. The number of hydrogen-bond donors (Lipinski definition) is 0. The summed E-state index contributed by atoms with van der Waals surface area (Å²) in [5.74, 6) is 1.51. The number of thioether (sulfide) groups is 1. The van der Waals surface area contributed by atoms with Crippen LogP contribution in [0.2, 0.25) is 0 Å². The van der Waals surface area contributed by atoms with E-state index in [0.717, 1.165) is 26.5 Å². The lowest BCUT2D eigenvalue weighted by Crippen LogP contribution is -2.55. The molecule has 1 atom stereocenters. The molecule has 0 saturated carbocycles. The summed E-state index contributed by atoms with van der Waals surface area (Å²) in [4.78, 5) is 34.7. The van der Waals surface area contributed by atoms with Gasteiger partial charge in [0.1, 0.15) is 11.3 Å². The first-order valence-corrected chi connectivity index (χ1v) is 16.4. The maximum absolute atomic E-state index is 13.0. The number of amides is 2. The summed E-state index contributed by atoms with van der Waals surface area (Å²) in [5.41, 5.74) is 4.45. The fourth-order valence-corrected chi connectivity index (χ4v) is 6.60. The number of ether oxygens (including phenoxy) is 1. The molecule has 1 fully saturated rings. The number of rotatable bonds is 9. The fourth-order valence-electron chi connectivity index (χ4n) is 5.61. The second-order valence-corrected chi connectivity index (χ2v) is 12.8. The van der Waals surface area contributed by atoms with Crippen molar-refractivity contribution < 1.29 is 14.3 Å². The van der Waals surface area contributed by atoms with E-state index in [2.05, 4.69) is 55.0 Å². The summed E-state index contributed by atoms with van der Waals surface area (Å²) in [5, 5.41) is 10.6. The average Bonchev–Trinajstić information content (AvgIpc) is 3.36. The molecule has 0 spiro atoms. The minimum absolute atomic E-state index is 0.0230. The Bertz CT molecular complexity index is 1790. The number of hydrogen-bond acceptors (Lipinski definition) is 7. The van der Waals surface area contributed by atoms with Crippen LogP contribution < -0.4 is 4.74 Å². The summed E-state index contributed by atoms with van der Waals surface area (Å²) < 4.78 is 8.43. The van der Waals surface area contributed by atoms with Gasteiger partial charge in [-0.2, -0.15) is 0 Å². The Morgan fingerprint density at radius 1 is 1.00 bits per heavy atom. The van der Waals surface area contributed by atoms with Crippen LogP contribution in [-0.4, -0.2) is 79.9 Å². The first-order chi connectivity index (χ1) is 21.4. The number of aromatic nitrogens is 4. The highest BCUT2D eigenvalue weighted by atomic mass is 79.9. The van der Waals surface area contributed by atoms with E-state index in [1.165, 1.54) is 17.3 Å². The van der Waals surface area contributed by atoms with Crippen molar-refractivity contribution in [2.24, 2.45) is 0 Å². The zero-order chi connectivity index (χ0) is 30.6. The van der Waals surface area contributed by atoms with Crippen molar-refractivity contribution in [3.63, 3.8) is 0 Å². The number of carbonyl (C=O) groups is 2. The van der Waals surface area contributed by atoms with Crippen molar-refractivity contribution in [1.29, 1.82) is 0 Å². The van der Waals surface area contributed by atoms with E-state index in [4.69, 9.17) is 9.72 Å². The summed E-state index contributed by atoms with van der Waals surface area (Å²) in [6, 6.07) is 23.5. The molecular weight excluding hydrogens is 640 g/mol. The molecule has 44 heavy (non-hydrogen) atoms. The van der Waals surface area contributed by atoms with Crippen LogP contribution in [0.1, 0.15) is 35.7 Å². The van der Waals surface area contributed by atoms with Crippen LogP contribution in [0.5, 0.6) is 5.75 Å². The van der Waals surface area contributed by atoms with Gasteiger partial charge in [-0.15, -0.1) is 10.2 Å².